The Labute approximate surface area is 85.1 Å². The average Bonchev–Trinajstić information content (AvgIpc) is 2.19. The maximum Gasteiger partial charge on any atom is 0.346 e. The number of benzene rings is 1. The number of nitrogens with zero attached hydrogens (tertiary/aromatic N) is 1. The second-order valence-corrected chi connectivity index (χ2v) is 2.69. The van der Waals surface area contributed by atoms with E-state index >= 15 is 0 Å². The van der Waals surface area contributed by atoms with Gasteiger partial charge in [0.05, 0.1) is 0 Å². The first-order valence-corrected chi connectivity index (χ1v) is 3.92. The van der Waals surface area contributed by atoms with Gasteiger partial charge in [-0.2, -0.15) is 5.26 Å². The Bertz CT molecular complexity index is 471. The SMILES string of the molecule is N#CC(=Cc1cccc(O)c1O)C(=O)O. The summed E-state index contributed by atoms with van der Waals surface area (Å²) in [7, 11) is 0. The number of carbonyl (C=O) groups is 1. The minimum atomic E-state index is -1.39. The number of rotatable bonds is 2. The highest BCUT2D eigenvalue weighted by Crippen LogP contribution is 2.29. The van der Waals surface area contributed by atoms with Gasteiger partial charge >= 0.3 is 5.97 Å². The van der Waals surface area contributed by atoms with Gasteiger partial charge in [0.1, 0.15) is 11.6 Å². The summed E-state index contributed by atoms with van der Waals surface area (Å²) in [6.45, 7) is 0. The van der Waals surface area contributed by atoms with E-state index < -0.39 is 17.3 Å². The first-order valence-electron chi connectivity index (χ1n) is 3.92. The Hall–Kier alpha value is -2.48. The Kier molecular flexibility index (Phi) is 2.94. The minimum absolute atomic E-state index is 0.0777. The van der Waals surface area contributed by atoms with Gasteiger partial charge in [0, 0.05) is 5.56 Å². The zero-order valence-electron chi connectivity index (χ0n) is 7.51. The van der Waals surface area contributed by atoms with Gasteiger partial charge in [-0.3, -0.25) is 0 Å². The van der Waals surface area contributed by atoms with E-state index in [1.165, 1.54) is 24.3 Å². The van der Waals surface area contributed by atoms with Crippen molar-refractivity contribution >= 4 is 12.0 Å². The molecule has 0 saturated heterocycles. The van der Waals surface area contributed by atoms with Crippen LogP contribution in [0.2, 0.25) is 0 Å². The van der Waals surface area contributed by atoms with Gasteiger partial charge in [0.25, 0.3) is 0 Å². The van der Waals surface area contributed by atoms with Crippen LogP contribution in [0.5, 0.6) is 11.5 Å². The predicted octanol–water partition coefficient (Wildman–Crippen LogP) is 1.09. The summed E-state index contributed by atoms with van der Waals surface area (Å²) in [5, 5.41) is 35.5. The lowest BCUT2D eigenvalue weighted by Crippen LogP contribution is -1.97. The third-order valence-electron chi connectivity index (χ3n) is 1.70. The van der Waals surface area contributed by atoms with Gasteiger partial charge in [0.15, 0.2) is 11.5 Å². The van der Waals surface area contributed by atoms with Crippen molar-refractivity contribution in [3.63, 3.8) is 0 Å². The molecule has 0 aliphatic carbocycles. The van der Waals surface area contributed by atoms with E-state index in [1.807, 2.05) is 0 Å². The summed E-state index contributed by atoms with van der Waals surface area (Å²) >= 11 is 0. The van der Waals surface area contributed by atoms with Crippen LogP contribution in [0.3, 0.4) is 0 Å². The molecule has 1 aromatic carbocycles. The molecule has 0 saturated carbocycles. The molecule has 0 spiro atoms. The molecule has 5 heteroatoms. The van der Waals surface area contributed by atoms with Gasteiger partial charge in [-0.15, -0.1) is 0 Å². The van der Waals surface area contributed by atoms with E-state index in [2.05, 4.69) is 0 Å². The van der Waals surface area contributed by atoms with Crippen LogP contribution in [0.4, 0.5) is 0 Å². The van der Waals surface area contributed by atoms with Crippen molar-refractivity contribution < 1.29 is 20.1 Å². The van der Waals surface area contributed by atoms with Crippen molar-refractivity contribution in [2.24, 2.45) is 0 Å². The van der Waals surface area contributed by atoms with Crippen molar-refractivity contribution in [1.82, 2.24) is 0 Å². The molecule has 5 nitrogen and oxygen atoms in total. The van der Waals surface area contributed by atoms with E-state index in [0.29, 0.717) is 0 Å². The predicted molar refractivity (Wildman–Crippen MR) is 51.0 cm³/mol. The third kappa shape index (κ3) is 2.25. The van der Waals surface area contributed by atoms with Crippen LogP contribution in [-0.2, 0) is 4.79 Å². The van der Waals surface area contributed by atoms with E-state index in [9.17, 15) is 9.90 Å². The molecule has 3 N–H and O–H groups in total. The lowest BCUT2D eigenvalue weighted by atomic mass is 10.1. The summed E-state index contributed by atoms with van der Waals surface area (Å²) in [5.41, 5.74) is -0.440. The Morgan fingerprint density at radius 3 is 2.60 bits per heavy atom. The fourth-order valence-electron chi connectivity index (χ4n) is 0.962. The maximum absolute atomic E-state index is 10.5. The monoisotopic (exact) mass is 205 g/mol. The molecular formula is C10H7NO4. The van der Waals surface area contributed by atoms with Gasteiger partial charge < -0.3 is 15.3 Å². The normalized spacial score (nSPS) is 10.7. The molecule has 1 rings (SSSR count). The van der Waals surface area contributed by atoms with E-state index in [-0.39, 0.29) is 11.3 Å². The molecule has 0 aliphatic heterocycles. The molecule has 15 heavy (non-hydrogen) atoms. The Morgan fingerprint density at radius 2 is 2.07 bits per heavy atom. The lowest BCUT2D eigenvalue weighted by molar-refractivity contribution is -0.132. The maximum atomic E-state index is 10.5. The van der Waals surface area contributed by atoms with Crippen molar-refractivity contribution in [3.8, 4) is 17.6 Å². The van der Waals surface area contributed by atoms with Gasteiger partial charge in [-0.25, -0.2) is 4.79 Å². The summed E-state index contributed by atoms with van der Waals surface area (Å²) < 4.78 is 0. The minimum Gasteiger partial charge on any atom is -0.504 e. The van der Waals surface area contributed by atoms with Crippen LogP contribution in [0.15, 0.2) is 23.8 Å². The molecular weight excluding hydrogens is 198 g/mol. The number of hydrogen-bond donors (Lipinski definition) is 3. The Morgan fingerprint density at radius 1 is 1.40 bits per heavy atom. The van der Waals surface area contributed by atoms with Crippen molar-refractivity contribution in [2.75, 3.05) is 0 Å². The number of phenols is 2. The molecule has 0 heterocycles. The van der Waals surface area contributed by atoms with Crippen LogP contribution in [0, 0.1) is 11.3 Å². The molecule has 0 unspecified atom stereocenters. The van der Waals surface area contributed by atoms with Crippen molar-refractivity contribution in [1.29, 1.82) is 5.26 Å². The Balaban J connectivity index is 3.25. The first-order chi connectivity index (χ1) is 7.06. The van der Waals surface area contributed by atoms with Crippen LogP contribution in [0.1, 0.15) is 5.56 Å². The third-order valence-corrected chi connectivity index (χ3v) is 1.70. The molecule has 1 aromatic rings. The fraction of sp³-hybridized carbons (Fsp3) is 0. The summed E-state index contributed by atoms with van der Waals surface area (Å²) in [4.78, 5) is 10.5. The quantitative estimate of drug-likeness (QED) is 0.381. The number of carboxylic acids is 1. The van der Waals surface area contributed by atoms with Crippen LogP contribution in [-0.4, -0.2) is 21.3 Å². The molecule has 76 valence electrons. The molecule has 0 amide bonds. The standard InChI is InChI=1S/C10H7NO4/c11-5-7(10(14)15)4-6-2-1-3-8(12)9(6)13/h1-4,12-13H,(H,14,15). The second kappa shape index (κ2) is 4.15. The van der Waals surface area contributed by atoms with Gasteiger partial charge in [0.2, 0.25) is 0 Å². The number of nitriles is 1. The van der Waals surface area contributed by atoms with Crippen molar-refractivity contribution in [2.45, 2.75) is 0 Å². The number of aliphatic carboxylic acids is 1. The number of para-hydroxylation sites is 1. The number of hydrogen-bond acceptors (Lipinski definition) is 4. The first kappa shape index (κ1) is 10.6. The molecule has 0 radical (unpaired) electrons. The van der Waals surface area contributed by atoms with E-state index in [0.717, 1.165) is 6.08 Å². The highest BCUT2D eigenvalue weighted by molar-refractivity contribution is 5.97. The molecule has 0 fully saturated rings. The molecule has 0 aliphatic rings. The number of phenolic OH excluding ortho intramolecular Hbond substituents is 2. The van der Waals surface area contributed by atoms with Crippen LogP contribution < -0.4 is 0 Å². The van der Waals surface area contributed by atoms with Crippen LogP contribution >= 0.6 is 0 Å². The topological polar surface area (TPSA) is 102 Å². The van der Waals surface area contributed by atoms with Crippen molar-refractivity contribution in [3.05, 3.63) is 29.3 Å². The average molecular weight is 205 g/mol. The zero-order chi connectivity index (χ0) is 11.4. The zero-order valence-corrected chi connectivity index (χ0v) is 7.51. The fourth-order valence-corrected chi connectivity index (χ4v) is 0.962. The summed E-state index contributed by atoms with van der Waals surface area (Å²) in [6, 6.07) is 5.53. The van der Waals surface area contributed by atoms with E-state index in [4.69, 9.17) is 15.5 Å². The smallest absolute Gasteiger partial charge is 0.346 e. The number of aromatic hydroxyl groups is 2. The van der Waals surface area contributed by atoms with Gasteiger partial charge in [-0.05, 0) is 12.1 Å². The highest BCUT2D eigenvalue weighted by atomic mass is 16.4. The van der Waals surface area contributed by atoms with E-state index in [1.54, 1.807) is 0 Å². The lowest BCUT2D eigenvalue weighted by Gasteiger charge is -2.00. The highest BCUT2D eigenvalue weighted by Gasteiger charge is 2.09. The van der Waals surface area contributed by atoms with Gasteiger partial charge in [-0.1, -0.05) is 12.1 Å². The van der Waals surface area contributed by atoms with Crippen LogP contribution in [0.25, 0.3) is 6.08 Å². The largest absolute Gasteiger partial charge is 0.504 e. The number of carboxylic acid groups (broad SMARTS) is 1. The molecule has 0 aromatic heterocycles. The summed E-state index contributed by atoms with van der Waals surface area (Å²) in [6.07, 6.45) is 0.984. The molecule has 0 atom stereocenters. The second-order valence-electron chi connectivity index (χ2n) is 2.69. The molecule has 0 bridgehead atoms. The summed E-state index contributed by atoms with van der Waals surface area (Å²) in [5.74, 6) is -2.21.